The molecule has 0 spiro atoms. The van der Waals surface area contributed by atoms with Gasteiger partial charge in [-0.05, 0) is 0 Å². The molecule has 0 fully saturated rings. The zero-order chi connectivity index (χ0) is 5.41. The Labute approximate surface area is 42.1 Å². The van der Waals surface area contributed by atoms with Crippen molar-refractivity contribution in [3.05, 3.63) is 0 Å². The normalized spacial score (nSPS) is 2.29. The zero-order valence-electron chi connectivity index (χ0n) is 2.82. The van der Waals surface area contributed by atoms with Gasteiger partial charge in [-0.25, -0.2) is 20.4 Å². The molecule has 0 saturated heterocycles. The minimum atomic E-state index is 0. The van der Waals surface area contributed by atoms with Crippen LogP contribution in [0.1, 0.15) is 0 Å². The topological polar surface area (TPSA) is 81.8 Å². The van der Waals surface area contributed by atoms with E-state index in [0.29, 0.717) is 0 Å². The summed E-state index contributed by atoms with van der Waals surface area (Å²) >= 11 is 0. The van der Waals surface area contributed by atoms with Crippen molar-refractivity contribution >= 4 is 20.6 Å². The average molecular weight is 99.9 g/mol. The molecule has 0 saturated carbocycles. The SMILES string of the molecule is B.N=C=O.N=C=O. The lowest BCUT2D eigenvalue weighted by Gasteiger charge is -1.02. The summed E-state index contributed by atoms with van der Waals surface area (Å²) in [6.07, 6.45) is 1.50. The Kier molecular flexibility index (Phi) is 252. The lowest BCUT2D eigenvalue weighted by atomic mass is 10.8. The second kappa shape index (κ2) is 104. The van der Waals surface area contributed by atoms with Crippen molar-refractivity contribution in [1.29, 1.82) is 10.8 Å². The highest BCUT2D eigenvalue weighted by Gasteiger charge is 1.04. The van der Waals surface area contributed by atoms with Crippen molar-refractivity contribution in [2.45, 2.75) is 0 Å². The smallest absolute Gasteiger partial charge is 0.222 e. The van der Waals surface area contributed by atoms with E-state index in [0.717, 1.165) is 12.2 Å². The number of hydrogen-bond donors (Lipinski definition) is 2. The summed E-state index contributed by atoms with van der Waals surface area (Å²) in [6.45, 7) is 0. The number of hydrogen-bond acceptors (Lipinski definition) is 4. The first kappa shape index (κ1) is 17.0. The Bertz CT molecular complexity index is 67.7. The monoisotopic (exact) mass is 100 g/mol. The fourth-order valence-electron chi connectivity index (χ4n) is 0. The quantitative estimate of drug-likeness (QED) is 0.223. The molecule has 0 aromatic carbocycles. The van der Waals surface area contributed by atoms with Gasteiger partial charge in [0.1, 0.15) is 0 Å². The Hall–Kier alpha value is -1.18. The molecule has 0 rings (SSSR count). The number of isocyanates is 2. The molecule has 0 bridgehead atoms. The molecule has 0 radical (unpaired) electrons. The van der Waals surface area contributed by atoms with Crippen LogP contribution < -0.4 is 0 Å². The predicted octanol–water partition coefficient (Wildman–Crippen LogP) is -1.38. The van der Waals surface area contributed by atoms with Gasteiger partial charge in [-0.3, -0.25) is 0 Å². The highest BCUT2D eigenvalue weighted by molar-refractivity contribution is 5.75. The highest BCUT2D eigenvalue weighted by atomic mass is 16.1. The van der Waals surface area contributed by atoms with E-state index in [1.807, 2.05) is 0 Å². The predicted molar refractivity (Wildman–Crippen MR) is 26.8 cm³/mol. The molecule has 0 unspecified atom stereocenters. The minimum absolute atomic E-state index is 0. The first-order chi connectivity index (χ1) is 2.83. The molecule has 0 aliphatic carbocycles. The summed E-state index contributed by atoms with van der Waals surface area (Å²) in [6, 6.07) is 0. The van der Waals surface area contributed by atoms with Gasteiger partial charge in [0.25, 0.3) is 0 Å². The Morgan fingerprint density at radius 2 is 1.00 bits per heavy atom. The Balaban J connectivity index is -0.0000000400. The van der Waals surface area contributed by atoms with Gasteiger partial charge in [-0.1, -0.05) is 0 Å². The third-order valence-electron chi connectivity index (χ3n) is 0. The number of rotatable bonds is 0. The highest BCUT2D eigenvalue weighted by Crippen LogP contribution is 0.871. The molecule has 5 heteroatoms. The van der Waals surface area contributed by atoms with Crippen molar-refractivity contribution in [1.82, 2.24) is 0 Å². The van der Waals surface area contributed by atoms with Crippen LogP contribution in [0.5, 0.6) is 0 Å². The molecule has 0 aromatic heterocycles. The summed E-state index contributed by atoms with van der Waals surface area (Å²) in [4.78, 5) is 16.7. The van der Waals surface area contributed by atoms with E-state index < -0.39 is 0 Å². The van der Waals surface area contributed by atoms with Gasteiger partial charge < -0.3 is 0 Å². The minimum Gasteiger partial charge on any atom is -0.222 e. The molecule has 7 heavy (non-hydrogen) atoms. The first-order valence-electron chi connectivity index (χ1n) is 0.908. The summed E-state index contributed by atoms with van der Waals surface area (Å²) in [5.41, 5.74) is 0. The van der Waals surface area contributed by atoms with Gasteiger partial charge in [0.05, 0.1) is 8.41 Å². The van der Waals surface area contributed by atoms with Crippen LogP contribution >= 0.6 is 0 Å². The standard InChI is InChI=1S/2CHNO.BH3/c2*2-1-3;/h2*2H;1H3. The molecule has 0 heterocycles. The summed E-state index contributed by atoms with van der Waals surface area (Å²) in [7, 11) is 0. The molecule has 0 aromatic rings. The van der Waals surface area contributed by atoms with E-state index in [2.05, 4.69) is 0 Å². The maximum Gasteiger partial charge on any atom is 0.231 e. The van der Waals surface area contributed by atoms with Crippen molar-refractivity contribution in [3.63, 3.8) is 0 Å². The van der Waals surface area contributed by atoms with Gasteiger partial charge in [-0.15, -0.1) is 0 Å². The van der Waals surface area contributed by atoms with E-state index in [1.165, 1.54) is 0 Å². The molecule has 0 atom stereocenters. The molecule has 38 valence electrons. The van der Waals surface area contributed by atoms with Crippen LogP contribution in [0, 0.1) is 10.8 Å². The van der Waals surface area contributed by atoms with Crippen LogP contribution in [-0.2, 0) is 9.59 Å². The van der Waals surface area contributed by atoms with Gasteiger partial charge in [0.15, 0.2) is 0 Å². The fraction of sp³-hybridized carbons (Fsp3) is 0. The van der Waals surface area contributed by atoms with Gasteiger partial charge >= 0.3 is 0 Å². The zero-order valence-corrected chi connectivity index (χ0v) is 2.82. The van der Waals surface area contributed by atoms with E-state index in [4.69, 9.17) is 20.4 Å². The second-order valence-electron chi connectivity index (χ2n) is 0.204. The van der Waals surface area contributed by atoms with E-state index >= 15 is 0 Å². The second-order valence-corrected chi connectivity index (χ2v) is 0.204. The Morgan fingerprint density at radius 3 is 1.00 bits per heavy atom. The van der Waals surface area contributed by atoms with E-state index in [-0.39, 0.29) is 8.41 Å². The van der Waals surface area contributed by atoms with Gasteiger partial charge in [0.2, 0.25) is 12.2 Å². The molecule has 4 nitrogen and oxygen atoms in total. The molecule has 0 aliphatic rings. The van der Waals surface area contributed by atoms with Crippen LogP contribution in [0.3, 0.4) is 0 Å². The third kappa shape index (κ3) is 27.9. The molecule has 0 amide bonds. The fourth-order valence-corrected chi connectivity index (χ4v) is 0. The maximum absolute atomic E-state index is 8.35. The van der Waals surface area contributed by atoms with Crippen molar-refractivity contribution < 1.29 is 9.59 Å². The largest absolute Gasteiger partial charge is 0.231 e. The van der Waals surface area contributed by atoms with Crippen molar-refractivity contribution in [3.8, 4) is 0 Å². The Morgan fingerprint density at radius 1 is 1.00 bits per heavy atom. The van der Waals surface area contributed by atoms with E-state index in [9.17, 15) is 0 Å². The lowest BCUT2D eigenvalue weighted by Crippen LogP contribution is -1.16. The molecular weight excluding hydrogens is 94.8 g/mol. The molecule has 2 N–H and O–H groups in total. The number of nitrogens with one attached hydrogen (secondary N) is 2. The summed E-state index contributed by atoms with van der Waals surface area (Å²) < 4.78 is 0. The van der Waals surface area contributed by atoms with Crippen LogP contribution in [0.25, 0.3) is 0 Å². The maximum atomic E-state index is 8.35. The van der Waals surface area contributed by atoms with Crippen molar-refractivity contribution in [2.24, 2.45) is 0 Å². The van der Waals surface area contributed by atoms with Gasteiger partial charge in [0, 0.05) is 0 Å². The van der Waals surface area contributed by atoms with Crippen LogP contribution in [0.15, 0.2) is 0 Å². The van der Waals surface area contributed by atoms with Crippen LogP contribution in [0.4, 0.5) is 0 Å². The van der Waals surface area contributed by atoms with Crippen LogP contribution in [0.2, 0.25) is 0 Å². The molecular formula is C2H5BN2O2. The van der Waals surface area contributed by atoms with Gasteiger partial charge in [-0.2, -0.15) is 0 Å². The summed E-state index contributed by atoms with van der Waals surface area (Å²) in [5.74, 6) is 0. The van der Waals surface area contributed by atoms with Crippen molar-refractivity contribution in [2.75, 3.05) is 0 Å². The number of carbonyl (C=O) groups excluding carboxylic acids is 2. The van der Waals surface area contributed by atoms with Crippen LogP contribution in [-0.4, -0.2) is 20.6 Å². The third-order valence-corrected chi connectivity index (χ3v) is 0. The average Bonchev–Trinajstić information content (AvgIpc) is 1.39. The summed E-state index contributed by atoms with van der Waals surface area (Å²) in [5, 5.41) is 10.8. The first-order valence-corrected chi connectivity index (χ1v) is 0.908. The lowest BCUT2D eigenvalue weighted by molar-refractivity contribution is 0.562. The molecule has 0 aliphatic heterocycles. The van der Waals surface area contributed by atoms with E-state index in [1.54, 1.807) is 0 Å².